The molecule has 0 saturated heterocycles. The minimum absolute atomic E-state index is 0.217. The zero-order valence-electron chi connectivity index (χ0n) is 14.9. The summed E-state index contributed by atoms with van der Waals surface area (Å²) in [7, 11) is 0. The minimum Gasteiger partial charge on any atom is -0.297 e. The van der Waals surface area contributed by atoms with Crippen molar-refractivity contribution in [3.05, 3.63) is 90.0 Å². The Morgan fingerprint density at radius 1 is 0.964 bits per heavy atom. The second-order valence-corrected chi connectivity index (χ2v) is 8.23. The summed E-state index contributed by atoms with van der Waals surface area (Å²) in [5.41, 5.74) is 2.23. The standard InChI is InChI=1S/C22H17N3OS2/c26-20(14-13-16-7-2-1-3-8-16)23-21-24-25-22(28-21)27-15-18-11-6-10-17-9-4-5-12-19(17)18/h1-14H,15H2,(H,23,24,26)/b14-13+. The Labute approximate surface area is 171 Å². The molecule has 0 radical (unpaired) electrons. The Morgan fingerprint density at radius 3 is 2.64 bits per heavy atom. The van der Waals surface area contributed by atoms with E-state index in [4.69, 9.17) is 0 Å². The van der Waals surface area contributed by atoms with E-state index in [-0.39, 0.29) is 5.91 Å². The van der Waals surface area contributed by atoms with Gasteiger partial charge >= 0.3 is 0 Å². The molecule has 0 atom stereocenters. The second kappa shape index (κ2) is 8.82. The molecular formula is C22H17N3OS2. The molecule has 0 aliphatic heterocycles. The fraction of sp³-hybridized carbons (Fsp3) is 0.0455. The molecule has 138 valence electrons. The third kappa shape index (κ3) is 4.65. The Bertz CT molecular complexity index is 1120. The van der Waals surface area contributed by atoms with Crippen molar-refractivity contribution in [1.29, 1.82) is 0 Å². The number of aromatic nitrogens is 2. The van der Waals surface area contributed by atoms with Crippen LogP contribution in [0, 0.1) is 0 Å². The molecule has 1 heterocycles. The summed E-state index contributed by atoms with van der Waals surface area (Å²) in [6.45, 7) is 0. The fourth-order valence-electron chi connectivity index (χ4n) is 2.76. The highest BCUT2D eigenvalue weighted by Gasteiger charge is 2.08. The lowest BCUT2D eigenvalue weighted by atomic mass is 10.1. The van der Waals surface area contributed by atoms with Gasteiger partial charge in [0.05, 0.1) is 0 Å². The van der Waals surface area contributed by atoms with E-state index >= 15 is 0 Å². The van der Waals surface area contributed by atoms with Gasteiger partial charge in [0.15, 0.2) is 4.34 Å². The number of carbonyl (C=O) groups is 1. The topological polar surface area (TPSA) is 54.9 Å². The molecule has 0 spiro atoms. The Morgan fingerprint density at radius 2 is 1.75 bits per heavy atom. The van der Waals surface area contributed by atoms with Crippen molar-refractivity contribution in [2.24, 2.45) is 0 Å². The average molecular weight is 404 g/mol. The van der Waals surface area contributed by atoms with Gasteiger partial charge in [-0.1, -0.05) is 95.9 Å². The summed E-state index contributed by atoms with van der Waals surface area (Å²) in [5.74, 6) is 0.586. The molecule has 0 fully saturated rings. The van der Waals surface area contributed by atoms with Gasteiger partial charge in [-0.15, -0.1) is 10.2 Å². The summed E-state index contributed by atoms with van der Waals surface area (Å²) >= 11 is 3.00. The number of benzene rings is 3. The molecule has 4 nitrogen and oxygen atoms in total. The van der Waals surface area contributed by atoms with E-state index in [1.54, 1.807) is 17.8 Å². The third-order valence-electron chi connectivity index (χ3n) is 4.09. The van der Waals surface area contributed by atoms with Crippen molar-refractivity contribution >= 4 is 51.0 Å². The highest BCUT2D eigenvalue weighted by atomic mass is 32.2. The summed E-state index contributed by atoms with van der Waals surface area (Å²) < 4.78 is 0.829. The van der Waals surface area contributed by atoms with Crippen molar-refractivity contribution in [1.82, 2.24) is 10.2 Å². The van der Waals surface area contributed by atoms with Crippen molar-refractivity contribution in [3.63, 3.8) is 0 Å². The molecule has 6 heteroatoms. The first kappa shape index (κ1) is 18.4. The average Bonchev–Trinajstić information content (AvgIpc) is 3.18. The van der Waals surface area contributed by atoms with Gasteiger partial charge in [-0.25, -0.2) is 0 Å². The van der Waals surface area contributed by atoms with Gasteiger partial charge in [-0.05, 0) is 28.0 Å². The Balaban J connectivity index is 1.36. The maximum Gasteiger partial charge on any atom is 0.250 e. The van der Waals surface area contributed by atoms with Gasteiger partial charge in [0, 0.05) is 11.8 Å². The first-order chi connectivity index (χ1) is 13.8. The summed E-state index contributed by atoms with van der Waals surface area (Å²) in [6.07, 6.45) is 3.27. The molecule has 1 N–H and O–H groups in total. The van der Waals surface area contributed by atoms with Crippen molar-refractivity contribution < 1.29 is 4.79 Å². The molecule has 1 aromatic heterocycles. The van der Waals surface area contributed by atoms with Crippen LogP contribution in [0.4, 0.5) is 5.13 Å². The number of hydrogen-bond acceptors (Lipinski definition) is 5. The van der Waals surface area contributed by atoms with Crippen LogP contribution >= 0.6 is 23.1 Å². The first-order valence-corrected chi connectivity index (χ1v) is 10.6. The van der Waals surface area contributed by atoms with Crippen LogP contribution in [0.2, 0.25) is 0 Å². The summed E-state index contributed by atoms with van der Waals surface area (Å²) in [6, 6.07) is 24.4. The molecule has 4 rings (SSSR count). The largest absolute Gasteiger partial charge is 0.297 e. The molecule has 0 bridgehead atoms. The van der Waals surface area contributed by atoms with Crippen LogP contribution in [0.5, 0.6) is 0 Å². The SMILES string of the molecule is O=C(/C=C/c1ccccc1)Nc1nnc(SCc2cccc3ccccc23)s1. The van der Waals surface area contributed by atoms with Crippen LogP contribution in [0.25, 0.3) is 16.8 Å². The van der Waals surface area contributed by atoms with Gasteiger partial charge < -0.3 is 0 Å². The number of amides is 1. The number of thioether (sulfide) groups is 1. The number of fused-ring (bicyclic) bond motifs is 1. The van der Waals surface area contributed by atoms with Crippen molar-refractivity contribution in [3.8, 4) is 0 Å². The van der Waals surface area contributed by atoms with Crippen LogP contribution in [0.3, 0.4) is 0 Å². The van der Waals surface area contributed by atoms with Gasteiger partial charge in [0.1, 0.15) is 0 Å². The van der Waals surface area contributed by atoms with Gasteiger partial charge in [0.25, 0.3) is 0 Å². The predicted octanol–water partition coefficient (Wildman–Crippen LogP) is 5.64. The minimum atomic E-state index is -0.217. The summed E-state index contributed by atoms with van der Waals surface area (Å²) in [5, 5.41) is 14.0. The lowest BCUT2D eigenvalue weighted by Crippen LogP contribution is -2.07. The second-order valence-electron chi connectivity index (χ2n) is 6.03. The number of nitrogens with one attached hydrogen (secondary N) is 1. The lowest BCUT2D eigenvalue weighted by Gasteiger charge is -2.04. The van der Waals surface area contributed by atoms with E-state index in [9.17, 15) is 4.79 Å². The number of hydrogen-bond donors (Lipinski definition) is 1. The van der Waals surface area contributed by atoms with Gasteiger partial charge in [-0.2, -0.15) is 0 Å². The van der Waals surface area contributed by atoms with Crippen LogP contribution < -0.4 is 5.32 Å². The van der Waals surface area contributed by atoms with Crippen LogP contribution in [0.15, 0.2) is 83.2 Å². The molecule has 0 aliphatic rings. The van der Waals surface area contributed by atoms with Gasteiger partial charge in [-0.3, -0.25) is 10.1 Å². The lowest BCUT2D eigenvalue weighted by molar-refractivity contribution is -0.111. The van der Waals surface area contributed by atoms with Crippen molar-refractivity contribution in [2.75, 3.05) is 5.32 Å². The highest BCUT2D eigenvalue weighted by molar-refractivity contribution is 8.00. The van der Waals surface area contributed by atoms with Crippen LogP contribution in [-0.4, -0.2) is 16.1 Å². The van der Waals surface area contributed by atoms with E-state index in [1.807, 2.05) is 36.4 Å². The number of carbonyl (C=O) groups excluding carboxylic acids is 1. The zero-order chi connectivity index (χ0) is 19.2. The van der Waals surface area contributed by atoms with E-state index < -0.39 is 0 Å². The quantitative estimate of drug-likeness (QED) is 0.257. The molecule has 0 aliphatic carbocycles. The molecule has 0 unspecified atom stereocenters. The molecule has 0 saturated carbocycles. The Hall–Kier alpha value is -2.96. The van der Waals surface area contributed by atoms with Crippen LogP contribution in [0.1, 0.15) is 11.1 Å². The molecule has 4 aromatic rings. The Kier molecular flexibility index (Phi) is 5.80. The highest BCUT2D eigenvalue weighted by Crippen LogP contribution is 2.30. The molecular weight excluding hydrogens is 386 g/mol. The third-order valence-corrected chi connectivity index (χ3v) is 6.12. The predicted molar refractivity (Wildman–Crippen MR) is 118 cm³/mol. The molecule has 28 heavy (non-hydrogen) atoms. The van der Waals surface area contributed by atoms with E-state index in [1.165, 1.54) is 33.7 Å². The first-order valence-electron chi connectivity index (χ1n) is 8.75. The maximum absolute atomic E-state index is 12.1. The number of anilines is 1. The maximum atomic E-state index is 12.1. The van der Waals surface area contributed by atoms with E-state index in [0.717, 1.165) is 15.7 Å². The van der Waals surface area contributed by atoms with Crippen LogP contribution in [-0.2, 0) is 10.5 Å². The monoisotopic (exact) mass is 403 g/mol. The number of nitrogens with zero attached hydrogens (tertiary/aromatic N) is 2. The smallest absolute Gasteiger partial charge is 0.250 e. The van der Waals surface area contributed by atoms with Crippen molar-refractivity contribution in [2.45, 2.75) is 10.1 Å². The fourth-order valence-corrected chi connectivity index (χ4v) is 4.52. The molecule has 3 aromatic carbocycles. The number of rotatable bonds is 6. The van der Waals surface area contributed by atoms with E-state index in [2.05, 4.69) is 51.9 Å². The van der Waals surface area contributed by atoms with Gasteiger partial charge in [0.2, 0.25) is 11.0 Å². The summed E-state index contributed by atoms with van der Waals surface area (Å²) in [4.78, 5) is 12.1. The zero-order valence-corrected chi connectivity index (χ0v) is 16.5. The molecule has 1 amide bonds. The normalized spacial score (nSPS) is 11.1. The van der Waals surface area contributed by atoms with E-state index in [0.29, 0.717) is 5.13 Å².